The molecule has 11 nitrogen and oxygen atoms in total. The summed E-state index contributed by atoms with van der Waals surface area (Å²) in [6, 6.07) is 14.2. The quantitative estimate of drug-likeness (QED) is 0.162. The first-order valence-electron chi connectivity index (χ1n) is 14.2. The molecular weight excluding hydrogens is 603 g/mol. The van der Waals surface area contributed by atoms with Crippen LogP contribution in [0.25, 0.3) is 5.69 Å². The molecule has 1 aliphatic rings. The summed E-state index contributed by atoms with van der Waals surface area (Å²) in [4.78, 5) is 40.0. The zero-order valence-corrected chi connectivity index (χ0v) is 26.3. The van der Waals surface area contributed by atoms with Gasteiger partial charge in [-0.05, 0) is 68.5 Å². The number of rotatable bonds is 12. The van der Waals surface area contributed by atoms with Gasteiger partial charge in [0.25, 0.3) is 5.91 Å². The third-order valence-electron chi connectivity index (χ3n) is 7.00. The fourth-order valence-corrected chi connectivity index (χ4v) is 7.01. The van der Waals surface area contributed by atoms with Gasteiger partial charge in [0.2, 0.25) is 5.91 Å². The SMILES string of the molecule is CCOC(=O)c1c(NC(=O)CSc2nnc(CNC(=O)c3cccc(OC)c3)n2-c2ccccc2OC)sc2c1CCCC2. The number of esters is 1. The number of hydrogen-bond donors (Lipinski definition) is 2. The number of amides is 2. The molecule has 2 aromatic carbocycles. The number of nitrogens with one attached hydrogen (secondary N) is 2. The Bertz CT molecular complexity index is 1670. The molecule has 0 unspecified atom stereocenters. The zero-order chi connectivity index (χ0) is 31.1. The number of carbonyl (C=O) groups is 3. The molecule has 0 aliphatic heterocycles. The summed E-state index contributed by atoms with van der Waals surface area (Å²) in [5.74, 6) is 0.597. The number of thioether (sulfide) groups is 1. The fraction of sp³-hybridized carbons (Fsp3) is 0.323. The molecule has 2 amide bonds. The van der Waals surface area contributed by atoms with E-state index in [1.807, 2.05) is 24.3 Å². The molecule has 0 spiro atoms. The first-order chi connectivity index (χ1) is 21.4. The van der Waals surface area contributed by atoms with Gasteiger partial charge < -0.3 is 24.8 Å². The number of fused-ring (bicyclic) bond motifs is 1. The van der Waals surface area contributed by atoms with Crippen molar-refractivity contribution in [3.8, 4) is 17.2 Å². The summed E-state index contributed by atoms with van der Waals surface area (Å²) in [6.07, 6.45) is 3.74. The number of aromatic nitrogens is 3. The van der Waals surface area contributed by atoms with Crippen molar-refractivity contribution in [3.63, 3.8) is 0 Å². The Morgan fingerprint density at radius 2 is 1.84 bits per heavy atom. The summed E-state index contributed by atoms with van der Waals surface area (Å²) in [5.41, 5.74) is 2.55. The Hall–Kier alpha value is -4.36. The van der Waals surface area contributed by atoms with Crippen LogP contribution in [0, 0.1) is 0 Å². The molecule has 2 heterocycles. The lowest BCUT2D eigenvalue weighted by atomic mass is 9.95. The number of hydrogen-bond acceptors (Lipinski definition) is 10. The van der Waals surface area contributed by atoms with Gasteiger partial charge in [-0.2, -0.15) is 0 Å². The maximum Gasteiger partial charge on any atom is 0.341 e. The van der Waals surface area contributed by atoms with Crippen LogP contribution in [0.2, 0.25) is 0 Å². The summed E-state index contributed by atoms with van der Waals surface area (Å²) >= 11 is 2.63. The number of benzene rings is 2. The Labute approximate surface area is 263 Å². The number of anilines is 1. The molecule has 44 heavy (non-hydrogen) atoms. The van der Waals surface area contributed by atoms with Crippen LogP contribution in [-0.4, -0.2) is 59.1 Å². The standard InChI is InChI=1S/C31H33N5O6S2/c1-4-42-30(39)27-21-12-5-8-15-24(21)44-29(27)33-26(37)18-43-31-35-34-25(36(31)22-13-6-7-14-23(22)41-3)17-32-28(38)19-10-9-11-20(16-19)40-2/h6-7,9-11,13-14,16H,4-5,8,12,15,17-18H2,1-3H3,(H,32,38)(H,33,37). The summed E-state index contributed by atoms with van der Waals surface area (Å²) < 4.78 is 17.9. The topological polar surface area (TPSA) is 134 Å². The average Bonchev–Trinajstić information content (AvgIpc) is 3.63. The van der Waals surface area contributed by atoms with Crippen LogP contribution in [0.4, 0.5) is 5.00 Å². The van der Waals surface area contributed by atoms with Gasteiger partial charge in [0, 0.05) is 10.4 Å². The maximum atomic E-state index is 13.2. The summed E-state index contributed by atoms with van der Waals surface area (Å²) in [6.45, 7) is 2.09. The highest BCUT2D eigenvalue weighted by molar-refractivity contribution is 7.99. The largest absolute Gasteiger partial charge is 0.497 e. The third kappa shape index (κ3) is 6.89. The summed E-state index contributed by atoms with van der Waals surface area (Å²) in [7, 11) is 3.11. The predicted octanol–water partition coefficient (Wildman–Crippen LogP) is 5.06. The number of ether oxygens (including phenoxy) is 3. The van der Waals surface area contributed by atoms with Crippen molar-refractivity contribution >= 4 is 45.9 Å². The van der Waals surface area contributed by atoms with Crippen molar-refractivity contribution < 1.29 is 28.6 Å². The number of thiophene rings is 1. The van der Waals surface area contributed by atoms with Gasteiger partial charge in [0.1, 0.15) is 16.5 Å². The second-order valence-electron chi connectivity index (χ2n) is 9.79. The minimum Gasteiger partial charge on any atom is -0.497 e. The molecule has 0 bridgehead atoms. The lowest BCUT2D eigenvalue weighted by Gasteiger charge is -2.14. The number of para-hydroxylation sites is 2. The van der Waals surface area contributed by atoms with E-state index in [0.29, 0.717) is 44.3 Å². The van der Waals surface area contributed by atoms with E-state index in [4.69, 9.17) is 14.2 Å². The van der Waals surface area contributed by atoms with E-state index in [0.717, 1.165) is 36.1 Å². The van der Waals surface area contributed by atoms with E-state index in [9.17, 15) is 14.4 Å². The minimum atomic E-state index is -0.411. The molecule has 230 valence electrons. The number of nitrogens with zero attached hydrogens (tertiary/aromatic N) is 3. The van der Waals surface area contributed by atoms with Crippen LogP contribution < -0.4 is 20.1 Å². The maximum absolute atomic E-state index is 13.2. The normalized spacial score (nSPS) is 12.2. The first-order valence-corrected chi connectivity index (χ1v) is 16.0. The monoisotopic (exact) mass is 635 g/mol. The van der Waals surface area contributed by atoms with Gasteiger partial charge in [-0.1, -0.05) is 30.0 Å². The van der Waals surface area contributed by atoms with Crippen LogP contribution in [0.1, 0.15) is 56.7 Å². The van der Waals surface area contributed by atoms with Gasteiger partial charge in [-0.25, -0.2) is 4.79 Å². The van der Waals surface area contributed by atoms with Crippen LogP contribution in [0.3, 0.4) is 0 Å². The molecule has 5 rings (SSSR count). The second kappa shape index (κ2) is 14.4. The molecular formula is C31H33N5O6S2. The fourth-order valence-electron chi connectivity index (χ4n) is 4.96. The Morgan fingerprint density at radius 1 is 1.02 bits per heavy atom. The van der Waals surface area contributed by atoms with E-state index < -0.39 is 5.97 Å². The highest BCUT2D eigenvalue weighted by Crippen LogP contribution is 2.39. The molecule has 0 saturated carbocycles. The smallest absolute Gasteiger partial charge is 0.341 e. The van der Waals surface area contributed by atoms with Crippen LogP contribution in [0.5, 0.6) is 11.5 Å². The third-order valence-corrected chi connectivity index (χ3v) is 9.14. The minimum absolute atomic E-state index is 0.00822. The van der Waals surface area contributed by atoms with E-state index in [-0.39, 0.29) is 30.7 Å². The van der Waals surface area contributed by atoms with E-state index in [2.05, 4.69) is 20.8 Å². The predicted molar refractivity (Wildman–Crippen MR) is 168 cm³/mol. The Balaban J connectivity index is 1.35. The number of carbonyl (C=O) groups excluding carboxylic acids is 3. The highest BCUT2D eigenvalue weighted by Gasteiger charge is 2.27. The van der Waals surface area contributed by atoms with Crippen LogP contribution >= 0.6 is 23.1 Å². The van der Waals surface area contributed by atoms with Gasteiger partial charge >= 0.3 is 5.97 Å². The lowest BCUT2D eigenvalue weighted by Crippen LogP contribution is -2.24. The molecule has 2 N–H and O–H groups in total. The van der Waals surface area contributed by atoms with Crippen molar-refractivity contribution in [3.05, 3.63) is 75.9 Å². The average molecular weight is 636 g/mol. The highest BCUT2D eigenvalue weighted by atomic mass is 32.2. The van der Waals surface area contributed by atoms with Crippen molar-refractivity contribution in [1.29, 1.82) is 0 Å². The van der Waals surface area contributed by atoms with Gasteiger partial charge in [0.15, 0.2) is 11.0 Å². The van der Waals surface area contributed by atoms with Gasteiger partial charge in [-0.15, -0.1) is 21.5 Å². The van der Waals surface area contributed by atoms with Crippen molar-refractivity contribution in [2.24, 2.45) is 0 Å². The molecule has 0 fully saturated rings. The second-order valence-corrected chi connectivity index (χ2v) is 11.8. The summed E-state index contributed by atoms with van der Waals surface area (Å²) in [5, 5.41) is 15.5. The molecule has 0 radical (unpaired) electrons. The van der Waals surface area contributed by atoms with E-state index in [1.54, 1.807) is 50.0 Å². The van der Waals surface area contributed by atoms with Crippen LogP contribution in [0.15, 0.2) is 53.7 Å². The Morgan fingerprint density at radius 3 is 2.64 bits per heavy atom. The Kier molecular flexibility index (Phi) is 10.2. The number of methoxy groups -OCH3 is 2. The van der Waals surface area contributed by atoms with Gasteiger partial charge in [0.05, 0.1) is 44.4 Å². The van der Waals surface area contributed by atoms with Crippen molar-refractivity contribution in [1.82, 2.24) is 20.1 Å². The molecule has 4 aromatic rings. The van der Waals surface area contributed by atoms with Gasteiger partial charge in [-0.3, -0.25) is 14.2 Å². The molecule has 1 aliphatic carbocycles. The number of aryl methyl sites for hydroxylation is 1. The first kappa shape index (κ1) is 31.1. The van der Waals surface area contributed by atoms with Crippen LogP contribution in [-0.2, 0) is 28.9 Å². The molecule has 0 saturated heterocycles. The molecule has 2 aromatic heterocycles. The molecule has 13 heteroatoms. The molecule has 0 atom stereocenters. The van der Waals surface area contributed by atoms with E-state index >= 15 is 0 Å². The zero-order valence-electron chi connectivity index (χ0n) is 24.7. The van der Waals surface area contributed by atoms with E-state index in [1.165, 1.54) is 23.1 Å². The van der Waals surface area contributed by atoms with Crippen molar-refractivity contribution in [2.75, 3.05) is 31.9 Å². The lowest BCUT2D eigenvalue weighted by molar-refractivity contribution is -0.113. The van der Waals surface area contributed by atoms with Crippen molar-refractivity contribution in [2.45, 2.75) is 44.3 Å².